The van der Waals surface area contributed by atoms with Gasteiger partial charge in [0.2, 0.25) is 23.7 Å². The average molecular weight is 761 g/mol. The van der Waals surface area contributed by atoms with Gasteiger partial charge >= 0.3 is 0 Å². The number of aromatic nitrogens is 8. The van der Waals surface area contributed by atoms with Crippen LogP contribution in [0.5, 0.6) is 11.8 Å². The monoisotopic (exact) mass is 760 g/mol. The Kier molecular flexibility index (Phi) is 16.9. The predicted octanol–water partition coefficient (Wildman–Crippen LogP) is 4.95. The summed E-state index contributed by atoms with van der Waals surface area (Å²) in [5, 5.41) is 24.1. The molecule has 0 bridgehead atoms. The number of aryl methyl sites for hydroxylation is 2. The topological polar surface area (TPSA) is 220 Å². The van der Waals surface area contributed by atoms with Crippen LogP contribution in [0.1, 0.15) is 50.7 Å². The molecule has 0 aliphatic rings. The van der Waals surface area contributed by atoms with Crippen LogP contribution < -0.4 is 20.1 Å². The fourth-order valence-electron chi connectivity index (χ4n) is 5.41. The molecule has 0 saturated carbocycles. The Morgan fingerprint density at radius 2 is 1.00 bits per heavy atom. The van der Waals surface area contributed by atoms with Crippen LogP contribution in [0.15, 0.2) is 61.2 Å². The molecule has 0 unspecified atom stereocenters. The molecule has 0 saturated heterocycles. The van der Waals surface area contributed by atoms with Crippen molar-refractivity contribution in [3.63, 3.8) is 0 Å². The summed E-state index contributed by atoms with van der Waals surface area (Å²) in [5.74, 6) is 1.63. The molecule has 0 aliphatic heterocycles. The molecule has 0 amide bonds. The van der Waals surface area contributed by atoms with Crippen molar-refractivity contribution in [3.8, 4) is 11.8 Å². The van der Waals surface area contributed by atoms with Crippen LogP contribution in [-0.2, 0) is 35.8 Å². The Balaban J connectivity index is 0.000000240. The van der Waals surface area contributed by atoms with E-state index in [0.29, 0.717) is 46.0 Å². The molecular formula is C38H52N10O7. The zero-order valence-electron chi connectivity index (χ0n) is 31.9. The summed E-state index contributed by atoms with van der Waals surface area (Å²) in [6.07, 6.45) is 10.1. The molecule has 17 heteroatoms. The molecule has 0 atom stereocenters. The summed E-state index contributed by atoms with van der Waals surface area (Å²) >= 11 is 0. The Labute approximate surface area is 320 Å². The molecule has 0 spiro atoms. The van der Waals surface area contributed by atoms with Crippen LogP contribution in [-0.4, -0.2) is 95.4 Å². The highest BCUT2D eigenvalue weighted by Gasteiger charge is 2.16. The quantitative estimate of drug-likeness (QED) is 0.0757. The Morgan fingerprint density at radius 3 is 1.35 bits per heavy atom. The summed E-state index contributed by atoms with van der Waals surface area (Å²) in [5.41, 5.74) is 6.75. The maximum absolute atomic E-state index is 8.86. The number of fused-ring (bicyclic) bond motifs is 2. The number of ether oxygens (including phenoxy) is 4. The van der Waals surface area contributed by atoms with Crippen LogP contribution in [0.2, 0.25) is 0 Å². The van der Waals surface area contributed by atoms with Crippen molar-refractivity contribution in [2.75, 3.05) is 51.3 Å². The molecule has 6 rings (SSSR count). The SMILES string of the molecule is CCCCc1ccc(Nc2nc(OC)c3ncn(COCCO)c3n2)cc1.CCCCc1ccc(Nc2nc(OC)c3ncn(COCCO)c3n2)cc1.O. The number of nitrogens with one attached hydrogen (secondary N) is 2. The largest absolute Gasteiger partial charge is 0.479 e. The normalized spacial score (nSPS) is 10.9. The van der Waals surface area contributed by atoms with E-state index >= 15 is 0 Å². The van der Waals surface area contributed by atoms with Gasteiger partial charge in [0, 0.05) is 11.4 Å². The number of imidazole rings is 2. The Bertz CT molecular complexity index is 1880. The van der Waals surface area contributed by atoms with Gasteiger partial charge in [0.15, 0.2) is 22.3 Å². The number of methoxy groups -OCH3 is 2. The predicted molar refractivity (Wildman–Crippen MR) is 210 cm³/mol. The number of anilines is 4. The third kappa shape index (κ3) is 11.8. The molecule has 6 aromatic rings. The first-order chi connectivity index (χ1) is 26.5. The second-order valence-corrected chi connectivity index (χ2v) is 12.3. The standard InChI is InChI=1S/2C19H25N5O3.H2O/c2*1-3-4-5-14-6-8-15(9-7-14)21-19-22-17-16(18(23-19)26-2)20-12-24(17)13-27-11-10-25;/h2*6-9,12,25H,3-5,10-11,13H2,1-2H3,(H,21,22,23);1H2. The molecule has 6 N–H and O–H groups in total. The molecule has 0 aliphatic carbocycles. The lowest BCUT2D eigenvalue weighted by atomic mass is 10.1. The number of aliphatic hydroxyl groups excluding tert-OH is 2. The smallest absolute Gasteiger partial charge is 0.246 e. The van der Waals surface area contributed by atoms with E-state index in [1.807, 2.05) is 24.3 Å². The number of hydrogen-bond acceptors (Lipinski definition) is 14. The summed E-state index contributed by atoms with van der Waals surface area (Å²) in [6.45, 7) is 5.28. The van der Waals surface area contributed by atoms with Crippen LogP contribution in [0, 0.1) is 0 Å². The van der Waals surface area contributed by atoms with Crippen molar-refractivity contribution >= 4 is 45.6 Å². The van der Waals surface area contributed by atoms with E-state index in [1.54, 1.807) is 36.0 Å². The van der Waals surface area contributed by atoms with Gasteiger partial charge in [-0.25, -0.2) is 9.97 Å². The average Bonchev–Trinajstić information content (AvgIpc) is 3.81. The third-order valence-electron chi connectivity index (χ3n) is 8.24. The van der Waals surface area contributed by atoms with Gasteiger partial charge in [0.05, 0.1) is 53.3 Å². The van der Waals surface area contributed by atoms with Gasteiger partial charge < -0.3 is 45.3 Å². The minimum atomic E-state index is -0.0357. The molecule has 4 heterocycles. The summed E-state index contributed by atoms with van der Waals surface area (Å²) in [4.78, 5) is 26.5. The fourth-order valence-corrected chi connectivity index (χ4v) is 5.41. The van der Waals surface area contributed by atoms with E-state index in [-0.39, 0.29) is 45.4 Å². The molecule has 296 valence electrons. The summed E-state index contributed by atoms with van der Waals surface area (Å²) in [7, 11) is 3.10. The highest BCUT2D eigenvalue weighted by Crippen LogP contribution is 2.26. The van der Waals surface area contributed by atoms with Gasteiger partial charge in [0.1, 0.15) is 13.5 Å². The number of unbranched alkanes of at least 4 members (excludes halogenated alkanes) is 2. The highest BCUT2D eigenvalue weighted by molar-refractivity contribution is 5.79. The first-order valence-electron chi connectivity index (χ1n) is 18.1. The number of hydrogen-bond donors (Lipinski definition) is 4. The number of rotatable bonds is 20. The van der Waals surface area contributed by atoms with Gasteiger partial charge in [-0.15, -0.1) is 0 Å². The van der Waals surface area contributed by atoms with Crippen LogP contribution >= 0.6 is 0 Å². The fraction of sp³-hybridized carbons (Fsp3) is 0.421. The van der Waals surface area contributed by atoms with E-state index in [1.165, 1.54) is 36.8 Å². The maximum atomic E-state index is 8.86. The minimum Gasteiger partial charge on any atom is -0.479 e. The first kappa shape index (κ1) is 42.3. The van der Waals surface area contributed by atoms with Crippen molar-refractivity contribution < 1.29 is 34.6 Å². The zero-order valence-corrected chi connectivity index (χ0v) is 31.9. The van der Waals surface area contributed by atoms with Gasteiger partial charge in [0.25, 0.3) is 0 Å². The van der Waals surface area contributed by atoms with E-state index in [4.69, 9.17) is 29.2 Å². The van der Waals surface area contributed by atoms with Crippen molar-refractivity contribution in [2.45, 2.75) is 65.8 Å². The lowest BCUT2D eigenvalue weighted by molar-refractivity contribution is 0.0499. The van der Waals surface area contributed by atoms with Crippen molar-refractivity contribution in [1.29, 1.82) is 0 Å². The van der Waals surface area contributed by atoms with Gasteiger partial charge in [-0.3, -0.25) is 9.13 Å². The van der Waals surface area contributed by atoms with Gasteiger partial charge in [-0.05, 0) is 61.1 Å². The van der Waals surface area contributed by atoms with Crippen LogP contribution in [0.3, 0.4) is 0 Å². The summed E-state index contributed by atoms with van der Waals surface area (Å²) in [6, 6.07) is 16.5. The number of aliphatic hydroxyl groups is 2. The third-order valence-corrected chi connectivity index (χ3v) is 8.24. The van der Waals surface area contributed by atoms with Gasteiger partial charge in [-0.1, -0.05) is 51.0 Å². The Morgan fingerprint density at radius 1 is 0.600 bits per heavy atom. The first-order valence-corrected chi connectivity index (χ1v) is 18.1. The molecule has 17 nitrogen and oxygen atoms in total. The van der Waals surface area contributed by atoms with Crippen molar-refractivity contribution in [2.24, 2.45) is 0 Å². The Hall–Kier alpha value is -5.46. The molecule has 0 fully saturated rings. The zero-order chi connectivity index (χ0) is 38.1. The maximum Gasteiger partial charge on any atom is 0.246 e. The molecular weight excluding hydrogens is 708 g/mol. The lowest BCUT2D eigenvalue weighted by Gasteiger charge is -2.09. The summed E-state index contributed by atoms with van der Waals surface area (Å²) < 4.78 is 24.9. The molecule has 55 heavy (non-hydrogen) atoms. The number of benzene rings is 2. The number of nitrogens with zero attached hydrogens (tertiary/aromatic N) is 8. The highest BCUT2D eigenvalue weighted by atomic mass is 16.5. The molecule has 0 radical (unpaired) electrons. The minimum absolute atomic E-state index is 0. The van der Waals surface area contributed by atoms with Crippen LogP contribution in [0.25, 0.3) is 22.3 Å². The van der Waals surface area contributed by atoms with E-state index in [0.717, 1.165) is 24.2 Å². The second kappa shape index (κ2) is 22.0. The molecule has 4 aromatic heterocycles. The van der Waals surface area contributed by atoms with E-state index < -0.39 is 0 Å². The van der Waals surface area contributed by atoms with Crippen LogP contribution in [0.4, 0.5) is 23.3 Å². The lowest BCUT2D eigenvalue weighted by Crippen LogP contribution is -2.07. The second-order valence-electron chi connectivity index (χ2n) is 12.3. The van der Waals surface area contributed by atoms with Crippen molar-refractivity contribution in [1.82, 2.24) is 39.0 Å². The van der Waals surface area contributed by atoms with Crippen molar-refractivity contribution in [3.05, 3.63) is 72.3 Å². The van der Waals surface area contributed by atoms with Gasteiger partial charge in [-0.2, -0.15) is 19.9 Å². The van der Waals surface area contributed by atoms with E-state index in [2.05, 4.69) is 78.7 Å². The van der Waals surface area contributed by atoms with E-state index in [9.17, 15) is 0 Å². The molecule has 2 aromatic carbocycles.